The van der Waals surface area contributed by atoms with E-state index in [1.54, 1.807) is 4.90 Å². The molecule has 0 aliphatic carbocycles. The van der Waals surface area contributed by atoms with Crippen LogP contribution in [0.1, 0.15) is 12.8 Å². The molecule has 1 amide bonds. The molecule has 2 N–H and O–H groups in total. The first-order valence-electron chi connectivity index (χ1n) is 3.82. The van der Waals surface area contributed by atoms with Gasteiger partial charge in [0, 0.05) is 19.1 Å². The lowest BCUT2D eigenvalue weighted by atomic mass is 10.1. The molecule has 1 saturated heterocycles. The van der Waals surface area contributed by atoms with Crippen LogP contribution in [-0.4, -0.2) is 37.2 Å². The summed E-state index contributed by atoms with van der Waals surface area (Å²) >= 11 is 0. The van der Waals surface area contributed by atoms with E-state index >= 15 is 0 Å². The van der Waals surface area contributed by atoms with Crippen LogP contribution in [0.3, 0.4) is 0 Å². The minimum Gasteiger partial charge on any atom is -0.453 e. The third-order valence-electron chi connectivity index (χ3n) is 1.89. The highest BCUT2D eigenvalue weighted by atomic mass is 35.5. The van der Waals surface area contributed by atoms with E-state index in [1.807, 2.05) is 0 Å². The smallest absolute Gasteiger partial charge is 0.409 e. The third kappa shape index (κ3) is 2.87. The molecular weight excluding hydrogens is 180 g/mol. The van der Waals surface area contributed by atoms with Gasteiger partial charge in [0.2, 0.25) is 0 Å². The summed E-state index contributed by atoms with van der Waals surface area (Å²) in [5, 5.41) is 0. The van der Waals surface area contributed by atoms with E-state index in [0.29, 0.717) is 6.54 Å². The van der Waals surface area contributed by atoms with E-state index in [-0.39, 0.29) is 24.5 Å². The van der Waals surface area contributed by atoms with Crippen molar-refractivity contribution in [2.75, 3.05) is 20.2 Å². The lowest BCUT2D eigenvalue weighted by Gasteiger charge is -2.29. The van der Waals surface area contributed by atoms with Crippen molar-refractivity contribution >= 4 is 18.5 Å². The molecule has 12 heavy (non-hydrogen) atoms. The highest BCUT2D eigenvalue weighted by Crippen LogP contribution is 2.08. The van der Waals surface area contributed by atoms with Crippen molar-refractivity contribution < 1.29 is 9.53 Å². The van der Waals surface area contributed by atoms with Gasteiger partial charge < -0.3 is 15.4 Å². The fourth-order valence-electron chi connectivity index (χ4n) is 1.30. The molecule has 1 aliphatic rings. The largest absolute Gasteiger partial charge is 0.453 e. The highest BCUT2D eigenvalue weighted by Gasteiger charge is 2.20. The molecule has 0 aromatic carbocycles. The van der Waals surface area contributed by atoms with E-state index in [1.165, 1.54) is 7.11 Å². The van der Waals surface area contributed by atoms with Crippen LogP contribution in [0.25, 0.3) is 0 Å². The fourth-order valence-corrected chi connectivity index (χ4v) is 1.30. The Hall–Kier alpha value is -0.480. The number of amides is 1. The number of rotatable bonds is 0. The number of halogens is 1. The number of carbonyl (C=O) groups is 1. The molecule has 0 radical (unpaired) electrons. The Balaban J connectivity index is 0.00000121. The van der Waals surface area contributed by atoms with Crippen molar-refractivity contribution in [3.8, 4) is 0 Å². The maximum Gasteiger partial charge on any atom is 0.409 e. The summed E-state index contributed by atoms with van der Waals surface area (Å²) in [7, 11) is 1.39. The predicted octanol–water partition coefficient (Wildman–Crippen LogP) is 0.598. The van der Waals surface area contributed by atoms with E-state index in [4.69, 9.17) is 5.73 Å². The standard InChI is InChI=1S/C7H14N2O2.ClH/c1-11-7(10)9-4-2-3-6(8)5-9;/h6H,2-5,8H2,1H3;1H. The quantitative estimate of drug-likeness (QED) is 0.615. The molecule has 1 heterocycles. The molecule has 1 rings (SSSR count). The third-order valence-corrected chi connectivity index (χ3v) is 1.89. The second kappa shape index (κ2) is 5.22. The van der Waals surface area contributed by atoms with E-state index in [2.05, 4.69) is 4.74 Å². The Bertz CT molecular complexity index is 154. The van der Waals surface area contributed by atoms with Crippen molar-refractivity contribution in [1.29, 1.82) is 0 Å². The minimum atomic E-state index is -0.264. The number of nitrogens with zero attached hydrogens (tertiary/aromatic N) is 1. The molecule has 72 valence electrons. The van der Waals surface area contributed by atoms with Crippen molar-refractivity contribution in [3.05, 3.63) is 0 Å². The molecule has 1 fully saturated rings. The zero-order chi connectivity index (χ0) is 8.27. The molecule has 0 aromatic heterocycles. The first kappa shape index (κ1) is 11.5. The Morgan fingerprint density at radius 2 is 2.33 bits per heavy atom. The van der Waals surface area contributed by atoms with Gasteiger partial charge in [0.25, 0.3) is 0 Å². The fraction of sp³-hybridized carbons (Fsp3) is 0.857. The van der Waals surface area contributed by atoms with Crippen LogP contribution in [0.4, 0.5) is 4.79 Å². The summed E-state index contributed by atoms with van der Waals surface area (Å²) in [6.07, 6.45) is 1.73. The second-order valence-electron chi connectivity index (χ2n) is 2.82. The van der Waals surface area contributed by atoms with Crippen LogP contribution in [0.5, 0.6) is 0 Å². The number of likely N-dealkylation sites (tertiary alicyclic amines) is 1. The molecule has 0 saturated carbocycles. The van der Waals surface area contributed by atoms with Crippen LogP contribution < -0.4 is 5.73 Å². The van der Waals surface area contributed by atoms with E-state index < -0.39 is 0 Å². The first-order chi connectivity index (χ1) is 5.24. The molecule has 1 unspecified atom stereocenters. The molecule has 1 aliphatic heterocycles. The SMILES string of the molecule is COC(=O)N1CCCC(N)C1.Cl. The van der Waals surface area contributed by atoms with Crippen LogP contribution >= 0.6 is 12.4 Å². The number of ether oxygens (including phenoxy) is 1. The van der Waals surface area contributed by atoms with E-state index in [9.17, 15) is 4.79 Å². The van der Waals surface area contributed by atoms with E-state index in [0.717, 1.165) is 19.4 Å². The summed E-state index contributed by atoms with van der Waals surface area (Å²) in [6.45, 7) is 1.41. The van der Waals surface area contributed by atoms with Gasteiger partial charge in [-0.1, -0.05) is 0 Å². The monoisotopic (exact) mass is 194 g/mol. The van der Waals surface area contributed by atoms with Gasteiger partial charge in [-0.15, -0.1) is 12.4 Å². The molecule has 0 bridgehead atoms. The molecule has 1 atom stereocenters. The summed E-state index contributed by atoms with van der Waals surface area (Å²) in [5.74, 6) is 0. The van der Waals surface area contributed by atoms with Gasteiger partial charge >= 0.3 is 6.09 Å². The van der Waals surface area contributed by atoms with Crippen LogP contribution in [-0.2, 0) is 4.74 Å². The van der Waals surface area contributed by atoms with Gasteiger partial charge in [0.05, 0.1) is 7.11 Å². The van der Waals surface area contributed by atoms with Gasteiger partial charge in [0.1, 0.15) is 0 Å². The maximum absolute atomic E-state index is 11.0. The molecular formula is C7H15ClN2O2. The Morgan fingerprint density at radius 1 is 1.67 bits per heavy atom. The average Bonchev–Trinajstić information content (AvgIpc) is 2.03. The van der Waals surface area contributed by atoms with Crippen molar-refractivity contribution in [2.45, 2.75) is 18.9 Å². The van der Waals surface area contributed by atoms with Crippen molar-refractivity contribution in [3.63, 3.8) is 0 Å². The van der Waals surface area contributed by atoms with Gasteiger partial charge in [-0.3, -0.25) is 0 Å². The average molecular weight is 195 g/mol. The lowest BCUT2D eigenvalue weighted by Crippen LogP contribution is -2.45. The maximum atomic E-state index is 11.0. The van der Waals surface area contributed by atoms with Gasteiger partial charge in [0.15, 0.2) is 0 Å². The normalized spacial score (nSPS) is 22.8. The first-order valence-corrected chi connectivity index (χ1v) is 3.82. The number of methoxy groups -OCH3 is 1. The summed E-state index contributed by atoms with van der Waals surface area (Å²) < 4.78 is 4.57. The Kier molecular flexibility index (Phi) is 5.01. The second-order valence-corrected chi connectivity index (χ2v) is 2.82. The predicted molar refractivity (Wildman–Crippen MR) is 48.4 cm³/mol. The number of hydrogen-bond donors (Lipinski definition) is 1. The van der Waals surface area contributed by atoms with Crippen LogP contribution in [0, 0.1) is 0 Å². The topological polar surface area (TPSA) is 55.6 Å². The van der Waals surface area contributed by atoms with Crippen molar-refractivity contribution in [1.82, 2.24) is 4.90 Å². The van der Waals surface area contributed by atoms with Crippen LogP contribution in [0.15, 0.2) is 0 Å². The summed E-state index contributed by atoms with van der Waals surface area (Å²) in [5.41, 5.74) is 5.67. The zero-order valence-electron chi connectivity index (χ0n) is 7.16. The van der Waals surface area contributed by atoms with Gasteiger partial charge in [-0.05, 0) is 12.8 Å². The van der Waals surface area contributed by atoms with Gasteiger partial charge in [-0.25, -0.2) is 4.79 Å². The lowest BCUT2D eigenvalue weighted by molar-refractivity contribution is 0.111. The molecule has 0 aromatic rings. The van der Waals surface area contributed by atoms with Crippen molar-refractivity contribution in [2.24, 2.45) is 5.73 Å². The molecule has 5 heteroatoms. The number of carbonyl (C=O) groups excluding carboxylic acids is 1. The summed E-state index contributed by atoms with van der Waals surface area (Å²) in [6, 6.07) is 0.128. The Morgan fingerprint density at radius 3 is 2.83 bits per heavy atom. The highest BCUT2D eigenvalue weighted by molar-refractivity contribution is 5.85. The Labute approximate surface area is 78.5 Å². The molecule has 4 nitrogen and oxygen atoms in total. The summed E-state index contributed by atoms with van der Waals surface area (Å²) in [4.78, 5) is 12.6. The minimum absolute atomic E-state index is 0. The molecule has 0 spiro atoms. The van der Waals surface area contributed by atoms with Crippen LogP contribution in [0.2, 0.25) is 0 Å². The number of hydrogen-bond acceptors (Lipinski definition) is 3. The van der Waals surface area contributed by atoms with Gasteiger partial charge in [-0.2, -0.15) is 0 Å². The zero-order valence-corrected chi connectivity index (χ0v) is 7.97. The number of piperidine rings is 1. The number of nitrogens with two attached hydrogens (primary N) is 1.